The molecule has 1 fully saturated rings. The molecule has 140 valence electrons. The molecule has 1 aromatic carbocycles. The van der Waals surface area contributed by atoms with Gasteiger partial charge in [0.05, 0.1) is 17.9 Å². The number of guanidine groups is 1. The molecule has 1 aliphatic heterocycles. The topological polar surface area (TPSA) is 54.2 Å². The van der Waals surface area contributed by atoms with Gasteiger partial charge in [0.25, 0.3) is 0 Å². The van der Waals surface area contributed by atoms with Crippen LogP contribution in [0, 0.1) is 6.92 Å². The number of rotatable bonds is 6. The van der Waals surface area contributed by atoms with E-state index in [1.165, 1.54) is 18.6 Å². The van der Waals surface area contributed by atoms with Crippen LogP contribution < -0.4 is 10.6 Å². The predicted octanol–water partition coefficient (Wildman–Crippen LogP) is 3.52. The number of hydrogen-bond donors (Lipinski definition) is 2. The minimum Gasteiger partial charge on any atom is -0.357 e. The van der Waals surface area contributed by atoms with E-state index in [2.05, 4.69) is 59.5 Å². The van der Waals surface area contributed by atoms with E-state index in [0.717, 1.165) is 36.0 Å². The van der Waals surface area contributed by atoms with Crippen LogP contribution in [0.5, 0.6) is 0 Å². The second kappa shape index (κ2) is 8.62. The van der Waals surface area contributed by atoms with Crippen molar-refractivity contribution in [2.24, 2.45) is 4.99 Å². The van der Waals surface area contributed by atoms with Gasteiger partial charge in [-0.25, -0.2) is 9.67 Å². The van der Waals surface area contributed by atoms with Crippen LogP contribution in [0.1, 0.15) is 37.9 Å². The lowest BCUT2D eigenvalue weighted by atomic mass is 10.1. The van der Waals surface area contributed by atoms with Gasteiger partial charge in [0.1, 0.15) is 0 Å². The number of benzene rings is 1. The second-order valence-electron chi connectivity index (χ2n) is 6.98. The molecule has 26 heavy (non-hydrogen) atoms. The number of hydrogen-bond acceptors (Lipinski definition) is 3. The van der Waals surface area contributed by atoms with Crippen molar-refractivity contribution in [3.63, 3.8) is 0 Å². The zero-order valence-corrected chi connectivity index (χ0v) is 16.8. The Morgan fingerprint density at radius 2 is 2.15 bits per heavy atom. The molecule has 2 aromatic rings. The Hall–Kier alpha value is -1.95. The molecule has 0 saturated carbocycles. The maximum atomic E-state index is 4.81. The van der Waals surface area contributed by atoms with Crippen molar-refractivity contribution in [2.45, 2.75) is 44.9 Å². The molecule has 1 aromatic heterocycles. The first-order valence-corrected chi connectivity index (χ1v) is 10.3. The summed E-state index contributed by atoms with van der Waals surface area (Å²) in [4.78, 5) is 4.81. The van der Waals surface area contributed by atoms with Crippen molar-refractivity contribution in [1.82, 2.24) is 20.4 Å². The summed E-state index contributed by atoms with van der Waals surface area (Å²) in [6.45, 7) is 8.87. The summed E-state index contributed by atoms with van der Waals surface area (Å²) in [6, 6.07) is 10.3. The normalized spacial score (nSPS) is 20.3. The van der Waals surface area contributed by atoms with Crippen LogP contribution in [0.3, 0.4) is 0 Å². The van der Waals surface area contributed by atoms with Gasteiger partial charge in [-0.1, -0.05) is 18.2 Å². The van der Waals surface area contributed by atoms with Gasteiger partial charge in [0.15, 0.2) is 5.96 Å². The van der Waals surface area contributed by atoms with E-state index in [9.17, 15) is 0 Å². The van der Waals surface area contributed by atoms with Gasteiger partial charge in [-0.2, -0.15) is 16.9 Å². The minimum atomic E-state index is 0.320. The number of thioether (sulfide) groups is 1. The molecule has 1 unspecified atom stereocenters. The molecule has 0 amide bonds. The Balaban J connectivity index is 1.71. The summed E-state index contributed by atoms with van der Waals surface area (Å²) < 4.78 is 2.25. The molecule has 0 bridgehead atoms. The maximum absolute atomic E-state index is 4.81. The summed E-state index contributed by atoms with van der Waals surface area (Å²) >= 11 is 2.06. The summed E-state index contributed by atoms with van der Waals surface area (Å²) in [5.41, 5.74) is 3.26. The molecule has 0 radical (unpaired) electrons. The van der Waals surface area contributed by atoms with E-state index >= 15 is 0 Å². The second-order valence-corrected chi connectivity index (χ2v) is 8.66. The molecular weight excluding hydrogens is 342 g/mol. The molecule has 0 aliphatic carbocycles. The Bertz CT molecular complexity index is 746. The first-order valence-electron chi connectivity index (χ1n) is 9.36. The van der Waals surface area contributed by atoms with E-state index in [1.54, 1.807) is 0 Å². The molecule has 1 saturated heterocycles. The number of aromatic nitrogens is 2. The lowest BCUT2D eigenvalue weighted by Gasteiger charge is -2.24. The van der Waals surface area contributed by atoms with Crippen molar-refractivity contribution in [3.8, 4) is 5.69 Å². The highest BCUT2D eigenvalue weighted by atomic mass is 32.2. The first kappa shape index (κ1) is 18.8. The van der Waals surface area contributed by atoms with Gasteiger partial charge < -0.3 is 10.6 Å². The van der Waals surface area contributed by atoms with Crippen LogP contribution in [-0.2, 0) is 6.54 Å². The smallest absolute Gasteiger partial charge is 0.191 e. The van der Waals surface area contributed by atoms with E-state index in [-0.39, 0.29) is 0 Å². The molecule has 0 spiro atoms. The average molecular weight is 372 g/mol. The van der Waals surface area contributed by atoms with E-state index < -0.39 is 0 Å². The van der Waals surface area contributed by atoms with Gasteiger partial charge >= 0.3 is 0 Å². The SMILES string of the molecule is CCNC(=NCc1ccccc1-n1ccc(C)n1)NCC1(C)CCCS1. The lowest BCUT2D eigenvalue weighted by molar-refractivity contribution is 0.584. The third kappa shape index (κ3) is 4.81. The fraction of sp³-hybridized carbons (Fsp3) is 0.500. The van der Waals surface area contributed by atoms with Crippen molar-refractivity contribution in [2.75, 3.05) is 18.8 Å². The highest BCUT2D eigenvalue weighted by Gasteiger charge is 2.29. The molecule has 5 nitrogen and oxygen atoms in total. The average Bonchev–Trinajstić information content (AvgIpc) is 3.27. The molecular formula is C20H29N5S. The third-order valence-corrected chi connectivity index (χ3v) is 6.18. The van der Waals surface area contributed by atoms with E-state index in [0.29, 0.717) is 11.3 Å². The summed E-state index contributed by atoms with van der Waals surface area (Å²) in [5.74, 6) is 2.15. The van der Waals surface area contributed by atoms with Crippen LogP contribution in [0.15, 0.2) is 41.5 Å². The fourth-order valence-corrected chi connectivity index (χ4v) is 4.41. The Morgan fingerprint density at radius 3 is 2.85 bits per heavy atom. The standard InChI is InChI=1S/C20H29N5S/c1-4-21-19(23-15-20(3)11-7-13-26-20)22-14-17-8-5-6-9-18(17)25-12-10-16(2)24-25/h5-6,8-10,12H,4,7,11,13-15H2,1-3H3,(H2,21,22,23). The van der Waals surface area contributed by atoms with Crippen molar-refractivity contribution in [1.29, 1.82) is 0 Å². The summed E-state index contributed by atoms with van der Waals surface area (Å²) in [7, 11) is 0. The molecule has 6 heteroatoms. The molecule has 3 rings (SSSR count). The number of nitrogens with one attached hydrogen (secondary N) is 2. The highest BCUT2D eigenvalue weighted by molar-refractivity contribution is 8.00. The summed E-state index contributed by atoms with van der Waals surface area (Å²) in [5, 5.41) is 11.4. The van der Waals surface area contributed by atoms with Gasteiger partial charge in [0.2, 0.25) is 0 Å². The highest BCUT2D eigenvalue weighted by Crippen LogP contribution is 2.36. The van der Waals surface area contributed by atoms with Crippen LogP contribution in [0.4, 0.5) is 0 Å². The largest absolute Gasteiger partial charge is 0.357 e. The van der Waals surface area contributed by atoms with Gasteiger partial charge in [0, 0.05) is 24.0 Å². The first-order chi connectivity index (χ1) is 12.6. The number of para-hydroxylation sites is 1. The Kier molecular flexibility index (Phi) is 6.25. The number of aryl methyl sites for hydroxylation is 1. The van der Waals surface area contributed by atoms with E-state index in [4.69, 9.17) is 4.99 Å². The van der Waals surface area contributed by atoms with Crippen molar-refractivity contribution >= 4 is 17.7 Å². The van der Waals surface area contributed by atoms with Crippen LogP contribution in [0.25, 0.3) is 5.69 Å². The van der Waals surface area contributed by atoms with Gasteiger partial charge in [-0.3, -0.25) is 0 Å². The van der Waals surface area contributed by atoms with Crippen molar-refractivity contribution < 1.29 is 0 Å². The minimum absolute atomic E-state index is 0.320. The van der Waals surface area contributed by atoms with Crippen molar-refractivity contribution in [3.05, 3.63) is 47.8 Å². The molecule has 2 N–H and O–H groups in total. The Morgan fingerprint density at radius 1 is 1.31 bits per heavy atom. The number of nitrogens with zero attached hydrogens (tertiary/aromatic N) is 3. The molecule has 1 atom stereocenters. The van der Waals surface area contributed by atoms with Crippen LogP contribution in [-0.4, -0.2) is 39.3 Å². The van der Waals surface area contributed by atoms with Gasteiger partial charge in [-0.15, -0.1) is 0 Å². The van der Waals surface area contributed by atoms with Crippen LogP contribution >= 0.6 is 11.8 Å². The zero-order chi connectivity index (χ0) is 18.4. The third-order valence-electron chi connectivity index (χ3n) is 4.64. The fourth-order valence-electron chi connectivity index (χ4n) is 3.17. The van der Waals surface area contributed by atoms with E-state index in [1.807, 2.05) is 29.9 Å². The maximum Gasteiger partial charge on any atom is 0.191 e. The Labute approximate surface area is 160 Å². The van der Waals surface area contributed by atoms with Crippen LogP contribution in [0.2, 0.25) is 0 Å². The lowest BCUT2D eigenvalue weighted by Crippen LogP contribution is -2.43. The molecule has 1 aliphatic rings. The summed E-state index contributed by atoms with van der Waals surface area (Å²) in [6.07, 6.45) is 4.58. The predicted molar refractivity (Wildman–Crippen MR) is 111 cm³/mol. The molecule has 2 heterocycles. The van der Waals surface area contributed by atoms with Gasteiger partial charge in [-0.05, 0) is 57.1 Å². The monoisotopic (exact) mass is 371 g/mol. The number of aliphatic imine (C=N–C) groups is 1. The quantitative estimate of drug-likeness (QED) is 0.603. The zero-order valence-electron chi connectivity index (χ0n) is 16.0.